The van der Waals surface area contributed by atoms with Crippen molar-refractivity contribution < 1.29 is 27.0 Å². The topological polar surface area (TPSA) is 148 Å². The number of nitrogens with zero attached hydrogens (tertiary/aromatic N) is 7. The van der Waals surface area contributed by atoms with E-state index in [9.17, 15) is 12.8 Å². The van der Waals surface area contributed by atoms with Crippen LogP contribution < -0.4 is 14.2 Å². The van der Waals surface area contributed by atoms with E-state index in [0.29, 0.717) is 22.9 Å². The average Bonchev–Trinajstić information content (AvgIpc) is 3.50. The maximum absolute atomic E-state index is 13.5. The zero-order valence-corrected chi connectivity index (χ0v) is 21.5. The highest BCUT2D eigenvalue weighted by molar-refractivity contribution is 7.93. The third-order valence-electron chi connectivity index (χ3n) is 5.53. The molecule has 196 valence electrons. The molecule has 37 heavy (non-hydrogen) atoms. The molecule has 3 heterocycles. The zero-order chi connectivity index (χ0) is 26.7. The number of hydrogen-bond donors (Lipinski definition) is 1. The molecule has 0 radical (unpaired) electrons. The lowest BCUT2D eigenvalue weighted by Gasteiger charge is -2.22. The summed E-state index contributed by atoms with van der Waals surface area (Å²) in [7, 11) is 1.80. The Balaban J connectivity index is 1.82. The van der Waals surface area contributed by atoms with E-state index in [4.69, 9.17) is 14.2 Å². The lowest BCUT2D eigenvalue weighted by Crippen LogP contribution is -2.33. The summed E-state index contributed by atoms with van der Waals surface area (Å²) in [5.74, 6) is 0.180. The molecular weight excluding hydrogens is 507 g/mol. The molecule has 0 amide bonds. The Morgan fingerprint density at radius 2 is 1.68 bits per heavy atom. The predicted molar refractivity (Wildman–Crippen MR) is 130 cm³/mol. The first kappa shape index (κ1) is 26.0. The molecule has 4 rings (SSSR count). The van der Waals surface area contributed by atoms with Crippen molar-refractivity contribution in [1.82, 2.24) is 34.5 Å². The van der Waals surface area contributed by atoms with Crippen LogP contribution in [0.4, 0.5) is 10.3 Å². The van der Waals surface area contributed by atoms with Crippen LogP contribution in [0.2, 0.25) is 0 Å². The zero-order valence-electron chi connectivity index (χ0n) is 20.7. The van der Waals surface area contributed by atoms with E-state index >= 15 is 0 Å². The number of sulfonamides is 1. The second-order valence-corrected chi connectivity index (χ2v) is 9.87. The molecule has 0 saturated heterocycles. The third-order valence-corrected chi connectivity index (χ3v) is 7.22. The molecule has 3 aromatic heterocycles. The van der Waals surface area contributed by atoms with Crippen molar-refractivity contribution in [1.29, 1.82) is 0 Å². The molecule has 0 saturated carbocycles. The van der Waals surface area contributed by atoms with Gasteiger partial charge in [-0.05, 0) is 25.1 Å². The van der Waals surface area contributed by atoms with Gasteiger partial charge in [0.25, 0.3) is 0 Å². The predicted octanol–water partition coefficient (Wildman–Crippen LogP) is 2.13. The van der Waals surface area contributed by atoms with Gasteiger partial charge in [-0.2, -0.15) is 5.10 Å². The number of halogens is 1. The van der Waals surface area contributed by atoms with Crippen molar-refractivity contribution in [3.8, 4) is 28.7 Å². The molecule has 0 spiro atoms. The van der Waals surface area contributed by atoms with E-state index in [2.05, 4.69) is 30.0 Å². The molecule has 2 atom stereocenters. The van der Waals surface area contributed by atoms with Crippen LogP contribution in [-0.4, -0.2) is 69.5 Å². The van der Waals surface area contributed by atoms with E-state index in [1.807, 2.05) is 0 Å². The van der Waals surface area contributed by atoms with E-state index in [1.165, 1.54) is 32.8 Å². The number of ether oxygens (including phenoxy) is 3. The number of anilines is 1. The van der Waals surface area contributed by atoms with Crippen LogP contribution in [0.5, 0.6) is 11.5 Å². The van der Waals surface area contributed by atoms with Gasteiger partial charge in [-0.1, -0.05) is 6.07 Å². The number of para-hydroxylation sites is 1. The Labute approximate surface area is 212 Å². The summed E-state index contributed by atoms with van der Waals surface area (Å²) in [6.45, 7) is 1.41. The molecule has 1 aromatic carbocycles. The van der Waals surface area contributed by atoms with Crippen molar-refractivity contribution in [2.45, 2.75) is 18.3 Å². The minimum Gasteiger partial charge on any atom is -0.494 e. The minimum atomic E-state index is -4.20. The van der Waals surface area contributed by atoms with Crippen LogP contribution in [0, 0.1) is 5.82 Å². The summed E-state index contributed by atoms with van der Waals surface area (Å²) in [6.07, 6.45) is 2.48. The lowest BCUT2D eigenvalue weighted by molar-refractivity contribution is 0.0948. The van der Waals surface area contributed by atoms with Gasteiger partial charge in [0.05, 0.1) is 26.6 Å². The molecule has 13 nitrogen and oxygen atoms in total. The minimum absolute atomic E-state index is 0.00353. The second-order valence-electron chi connectivity index (χ2n) is 7.84. The Morgan fingerprint density at radius 3 is 2.22 bits per heavy atom. The molecule has 1 N–H and O–H groups in total. The number of aromatic nitrogens is 7. The van der Waals surface area contributed by atoms with Crippen LogP contribution >= 0.6 is 0 Å². The fourth-order valence-corrected chi connectivity index (χ4v) is 4.80. The summed E-state index contributed by atoms with van der Waals surface area (Å²) >= 11 is 0. The van der Waals surface area contributed by atoms with Crippen LogP contribution in [-0.2, 0) is 21.8 Å². The Bertz CT molecular complexity index is 1470. The maximum atomic E-state index is 13.5. The van der Waals surface area contributed by atoms with Crippen molar-refractivity contribution in [3.05, 3.63) is 54.5 Å². The molecule has 4 aromatic rings. The number of aryl methyl sites for hydroxylation is 1. The SMILES string of the molecule is COc1cccc(OC)c1-n1c(NS(=O)(=O)[C@@H](C)[C@H](OC)c2ncc(F)cn2)nnc1-c1ccn(C)n1. The first-order valence-electron chi connectivity index (χ1n) is 10.9. The molecule has 0 aliphatic carbocycles. The van der Waals surface area contributed by atoms with Crippen molar-refractivity contribution >= 4 is 16.0 Å². The van der Waals surface area contributed by atoms with Gasteiger partial charge in [-0.25, -0.2) is 22.8 Å². The molecule has 15 heteroatoms. The van der Waals surface area contributed by atoms with Gasteiger partial charge < -0.3 is 14.2 Å². The summed E-state index contributed by atoms with van der Waals surface area (Å²) in [5, 5.41) is 11.5. The standard InChI is InChI=1S/C22H25FN8O5S/c1-13(19(36-5)20-24-11-14(23)12-25-20)37(32,33)29-22-27-26-21(15-9-10-30(2)28-15)31(22)18-16(34-3)7-6-8-17(18)35-4/h6-13,19H,1-5H3,(H,27,29)/t13-,19-/m0/s1. The van der Waals surface area contributed by atoms with Gasteiger partial charge in [-0.3, -0.25) is 14.0 Å². The fraction of sp³-hybridized carbons (Fsp3) is 0.318. The van der Waals surface area contributed by atoms with Crippen LogP contribution in [0.25, 0.3) is 17.2 Å². The smallest absolute Gasteiger partial charge is 0.243 e. The molecule has 0 aliphatic rings. The van der Waals surface area contributed by atoms with Crippen LogP contribution in [0.1, 0.15) is 18.9 Å². The molecule has 0 bridgehead atoms. The van der Waals surface area contributed by atoms with Gasteiger partial charge in [0.1, 0.15) is 34.2 Å². The quantitative estimate of drug-likeness (QED) is 0.322. The van der Waals surface area contributed by atoms with Gasteiger partial charge in [0.15, 0.2) is 17.5 Å². The highest BCUT2D eigenvalue weighted by Crippen LogP contribution is 2.37. The summed E-state index contributed by atoms with van der Waals surface area (Å²) in [6, 6.07) is 6.81. The molecular formula is C22H25FN8O5S. The van der Waals surface area contributed by atoms with Crippen molar-refractivity contribution in [2.24, 2.45) is 7.05 Å². The number of hydrogen-bond acceptors (Lipinski definition) is 10. The van der Waals surface area contributed by atoms with Gasteiger partial charge >= 0.3 is 0 Å². The number of nitrogens with one attached hydrogen (secondary N) is 1. The largest absolute Gasteiger partial charge is 0.494 e. The normalized spacial score (nSPS) is 13.2. The summed E-state index contributed by atoms with van der Waals surface area (Å²) in [4.78, 5) is 7.74. The van der Waals surface area contributed by atoms with E-state index < -0.39 is 27.2 Å². The highest BCUT2D eigenvalue weighted by atomic mass is 32.2. The van der Waals surface area contributed by atoms with E-state index in [-0.39, 0.29) is 17.6 Å². The molecule has 0 unspecified atom stereocenters. The van der Waals surface area contributed by atoms with Crippen LogP contribution in [0.3, 0.4) is 0 Å². The molecule has 0 fully saturated rings. The van der Waals surface area contributed by atoms with Gasteiger partial charge in [0, 0.05) is 20.4 Å². The van der Waals surface area contributed by atoms with Gasteiger partial charge in [0.2, 0.25) is 16.0 Å². The van der Waals surface area contributed by atoms with Gasteiger partial charge in [-0.15, -0.1) is 10.2 Å². The summed E-state index contributed by atoms with van der Waals surface area (Å²) < 4.78 is 62.3. The lowest BCUT2D eigenvalue weighted by atomic mass is 10.2. The maximum Gasteiger partial charge on any atom is 0.243 e. The molecule has 0 aliphatic heterocycles. The Hall–Kier alpha value is -4.11. The fourth-order valence-electron chi connectivity index (χ4n) is 3.67. The van der Waals surface area contributed by atoms with E-state index in [1.54, 1.807) is 42.2 Å². The number of methoxy groups -OCH3 is 3. The first-order valence-corrected chi connectivity index (χ1v) is 12.4. The highest BCUT2D eigenvalue weighted by Gasteiger charge is 2.35. The second kappa shape index (κ2) is 10.5. The number of benzene rings is 1. The Morgan fingerprint density at radius 1 is 1.03 bits per heavy atom. The first-order chi connectivity index (χ1) is 17.7. The third kappa shape index (κ3) is 5.08. The number of rotatable bonds is 10. The van der Waals surface area contributed by atoms with Crippen molar-refractivity contribution in [2.75, 3.05) is 26.1 Å². The van der Waals surface area contributed by atoms with E-state index in [0.717, 1.165) is 12.4 Å². The Kier molecular flexibility index (Phi) is 7.35. The summed E-state index contributed by atoms with van der Waals surface area (Å²) in [5.41, 5.74) is 0.782. The monoisotopic (exact) mass is 532 g/mol. The van der Waals surface area contributed by atoms with Crippen LogP contribution in [0.15, 0.2) is 42.9 Å². The average molecular weight is 533 g/mol. The van der Waals surface area contributed by atoms with Crippen molar-refractivity contribution in [3.63, 3.8) is 0 Å².